The highest BCUT2D eigenvalue weighted by molar-refractivity contribution is 6.29. The molecule has 1 atom stereocenters. The van der Waals surface area contributed by atoms with Crippen molar-refractivity contribution in [2.24, 2.45) is 5.73 Å². The summed E-state index contributed by atoms with van der Waals surface area (Å²) in [5.74, 6) is -0.0212. The third-order valence-electron chi connectivity index (χ3n) is 2.49. The Bertz CT molecular complexity index is 365. The molecule has 80 valence electrons. The standard InChI is InChI=1S/C10H12ClN3O/c11-9-2-1-7(5-13-9)10(15)14-4-3-8(12)6-14/h1-2,5,8H,3-4,6,12H2. The predicted molar refractivity (Wildman–Crippen MR) is 57.7 cm³/mol. The van der Waals surface area contributed by atoms with Crippen LogP contribution in [-0.4, -0.2) is 34.9 Å². The summed E-state index contributed by atoms with van der Waals surface area (Å²) in [6, 6.07) is 3.40. The molecule has 2 N–H and O–H groups in total. The second-order valence-corrected chi connectivity index (χ2v) is 4.06. The molecule has 1 aromatic rings. The Kier molecular flexibility index (Phi) is 2.88. The third-order valence-corrected chi connectivity index (χ3v) is 2.71. The van der Waals surface area contributed by atoms with Gasteiger partial charge in [0, 0.05) is 25.3 Å². The van der Waals surface area contributed by atoms with Crippen LogP contribution in [0.15, 0.2) is 18.3 Å². The molecular formula is C10H12ClN3O. The fourth-order valence-electron chi connectivity index (χ4n) is 1.66. The second-order valence-electron chi connectivity index (χ2n) is 3.67. The molecule has 0 radical (unpaired) electrons. The molecule has 5 heteroatoms. The van der Waals surface area contributed by atoms with Crippen LogP contribution in [0.2, 0.25) is 5.15 Å². The molecule has 1 aromatic heterocycles. The van der Waals surface area contributed by atoms with Crippen molar-refractivity contribution >= 4 is 17.5 Å². The maximum atomic E-state index is 11.9. The van der Waals surface area contributed by atoms with Gasteiger partial charge in [0.05, 0.1) is 5.56 Å². The molecule has 1 amide bonds. The maximum Gasteiger partial charge on any atom is 0.255 e. The van der Waals surface area contributed by atoms with Crippen LogP contribution in [0.5, 0.6) is 0 Å². The first-order valence-electron chi connectivity index (χ1n) is 4.83. The van der Waals surface area contributed by atoms with Gasteiger partial charge in [0.1, 0.15) is 5.15 Å². The normalized spacial score (nSPS) is 20.7. The summed E-state index contributed by atoms with van der Waals surface area (Å²) in [6.45, 7) is 1.35. The number of hydrogen-bond donors (Lipinski definition) is 1. The number of aromatic nitrogens is 1. The first-order chi connectivity index (χ1) is 7.16. The summed E-state index contributed by atoms with van der Waals surface area (Å²) < 4.78 is 0. The van der Waals surface area contributed by atoms with Gasteiger partial charge in [0.25, 0.3) is 5.91 Å². The molecule has 0 aliphatic carbocycles. The van der Waals surface area contributed by atoms with Crippen molar-refractivity contribution in [2.45, 2.75) is 12.5 Å². The van der Waals surface area contributed by atoms with Gasteiger partial charge in [-0.3, -0.25) is 4.79 Å². The third kappa shape index (κ3) is 2.27. The molecule has 2 rings (SSSR count). The fraction of sp³-hybridized carbons (Fsp3) is 0.400. The fourth-order valence-corrected chi connectivity index (χ4v) is 1.77. The Morgan fingerprint density at radius 3 is 2.93 bits per heavy atom. The zero-order chi connectivity index (χ0) is 10.8. The molecule has 1 unspecified atom stereocenters. The molecule has 0 spiro atoms. The summed E-state index contributed by atoms with van der Waals surface area (Å²) in [5.41, 5.74) is 6.30. The van der Waals surface area contributed by atoms with Crippen molar-refractivity contribution in [1.29, 1.82) is 0 Å². The van der Waals surface area contributed by atoms with E-state index in [0.29, 0.717) is 17.3 Å². The average molecular weight is 226 g/mol. The molecular weight excluding hydrogens is 214 g/mol. The number of carbonyl (C=O) groups excluding carboxylic acids is 1. The van der Waals surface area contributed by atoms with Crippen molar-refractivity contribution in [3.63, 3.8) is 0 Å². The van der Waals surface area contributed by atoms with Gasteiger partial charge >= 0.3 is 0 Å². The number of likely N-dealkylation sites (tertiary alicyclic amines) is 1. The van der Waals surface area contributed by atoms with E-state index in [1.165, 1.54) is 6.20 Å². The van der Waals surface area contributed by atoms with E-state index in [1.807, 2.05) is 0 Å². The Morgan fingerprint density at radius 2 is 2.40 bits per heavy atom. The number of nitrogens with zero attached hydrogens (tertiary/aromatic N) is 2. The van der Waals surface area contributed by atoms with Gasteiger partial charge in [-0.2, -0.15) is 0 Å². The van der Waals surface area contributed by atoms with Crippen LogP contribution in [-0.2, 0) is 0 Å². The monoisotopic (exact) mass is 225 g/mol. The molecule has 15 heavy (non-hydrogen) atoms. The highest BCUT2D eigenvalue weighted by Gasteiger charge is 2.24. The smallest absolute Gasteiger partial charge is 0.255 e. The Balaban J connectivity index is 2.11. The molecule has 1 saturated heterocycles. The predicted octanol–water partition coefficient (Wildman–Crippen LogP) is 0.908. The molecule has 0 saturated carbocycles. The summed E-state index contributed by atoms with van der Waals surface area (Å²) in [5, 5.41) is 0.393. The summed E-state index contributed by atoms with van der Waals surface area (Å²) >= 11 is 5.64. The number of rotatable bonds is 1. The molecule has 1 fully saturated rings. The van der Waals surface area contributed by atoms with Crippen LogP contribution in [0.3, 0.4) is 0 Å². The van der Waals surface area contributed by atoms with Crippen molar-refractivity contribution in [3.8, 4) is 0 Å². The van der Waals surface area contributed by atoms with E-state index >= 15 is 0 Å². The first-order valence-corrected chi connectivity index (χ1v) is 5.21. The van der Waals surface area contributed by atoms with Crippen molar-refractivity contribution in [3.05, 3.63) is 29.0 Å². The van der Waals surface area contributed by atoms with Gasteiger partial charge in [0.15, 0.2) is 0 Å². The van der Waals surface area contributed by atoms with Crippen LogP contribution in [0.4, 0.5) is 0 Å². The van der Waals surface area contributed by atoms with Gasteiger partial charge in [0.2, 0.25) is 0 Å². The summed E-state index contributed by atoms with van der Waals surface area (Å²) in [7, 11) is 0. The van der Waals surface area contributed by atoms with E-state index in [0.717, 1.165) is 13.0 Å². The van der Waals surface area contributed by atoms with E-state index in [1.54, 1.807) is 17.0 Å². The quantitative estimate of drug-likeness (QED) is 0.723. The SMILES string of the molecule is NC1CCN(C(=O)c2ccc(Cl)nc2)C1. The van der Waals surface area contributed by atoms with Crippen molar-refractivity contribution in [2.75, 3.05) is 13.1 Å². The molecule has 2 heterocycles. The number of nitrogens with two attached hydrogens (primary N) is 1. The lowest BCUT2D eigenvalue weighted by Gasteiger charge is -2.15. The number of carbonyl (C=O) groups is 1. The van der Waals surface area contributed by atoms with E-state index in [4.69, 9.17) is 17.3 Å². The maximum absolute atomic E-state index is 11.9. The zero-order valence-electron chi connectivity index (χ0n) is 8.19. The molecule has 1 aliphatic heterocycles. The highest BCUT2D eigenvalue weighted by atomic mass is 35.5. The van der Waals surface area contributed by atoms with E-state index in [2.05, 4.69) is 4.98 Å². The van der Waals surface area contributed by atoms with Gasteiger partial charge in [-0.25, -0.2) is 4.98 Å². The van der Waals surface area contributed by atoms with E-state index in [9.17, 15) is 4.79 Å². The second kappa shape index (κ2) is 4.16. The minimum atomic E-state index is -0.0212. The average Bonchev–Trinajstić information content (AvgIpc) is 2.65. The van der Waals surface area contributed by atoms with Crippen molar-refractivity contribution < 1.29 is 4.79 Å². The van der Waals surface area contributed by atoms with E-state index < -0.39 is 0 Å². The molecule has 1 aliphatic rings. The van der Waals surface area contributed by atoms with Crippen LogP contribution >= 0.6 is 11.6 Å². The number of halogens is 1. The minimum absolute atomic E-state index is 0.0212. The number of amides is 1. The minimum Gasteiger partial charge on any atom is -0.337 e. The van der Waals surface area contributed by atoms with Gasteiger partial charge < -0.3 is 10.6 Å². The number of pyridine rings is 1. The molecule has 0 aromatic carbocycles. The molecule has 0 bridgehead atoms. The zero-order valence-corrected chi connectivity index (χ0v) is 8.94. The highest BCUT2D eigenvalue weighted by Crippen LogP contribution is 2.13. The van der Waals surface area contributed by atoms with Crippen LogP contribution in [0.1, 0.15) is 16.8 Å². The summed E-state index contributed by atoms with van der Waals surface area (Å²) in [6.07, 6.45) is 2.36. The Hall–Kier alpha value is -1.13. The lowest BCUT2D eigenvalue weighted by molar-refractivity contribution is 0.0790. The summed E-state index contributed by atoms with van der Waals surface area (Å²) in [4.78, 5) is 17.5. The van der Waals surface area contributed by atoms with Gasteiger partial charge in [-0.05, 0) is 18.6 Å². The molecule has 4 nitrogen and oxygen atoms in total. The Morgan fingerprint density at radius 1 is 1.60 bits per heavy atom. The van der Waals surface area contributed by atoms with Crippen LogP contribution in [0.25, 0.3) is 0 Å². The lowest BCUT2D eigenvalue weighted by Crippen LogP contribution is -2.31. The topological polar surface area (TPSA) is 59.2 Å². The lowest BCUT2D eigenvalue weighted by atomic mass is 10.2. The largest absolute Gasteiger partial charge is 0.337 e. The first kappa shape index (κ1) is 10.4. The Labute approximate surface area is 93.0 Å². The van der Waals surface area contributed by atoms with Crippen LogP contribution < -0.4 is 5.73 Å². The number of hydrogen-bond acceptors (Lipinski definition) is 3. The van der Waals surface area contributed by atoms with Gasteiger partial charge in [-0.1, -0.05) is 11.6 Å². The van der Waals surface area contributed by atoms with Crippen LogP contribution in [0, 0.1) is 0 Å². The van der Waals surface area contributed by atoms with Crippen molar-refractivity contribution in [1.82, 2.24) is 9.88 Å². The van der Waals surface area contributed by atoms with E-state index in [-0.39, 0.29) is 11.9 Å². The van der Waals surface area contributed by atoms with Gasteiger partial charge in [-0.15, -0.1) is 0 Å².